The van der Waals surface area contributed by atoms with Gasteiger partial charge in [-0.2, -0.15) is 13.2 Å². The molecule has 0 aliphatic heterocycles. The van der Waals surface area contributed by atoms with Crippen LogP contribution in [-0.2, 0) is 22.3 Å². The van der Waals surface area contributed by atoms with Crippen molar-refractivity contribution in [3.05, 3.63) is 52.9 Å². The lowest BCUT2D eigenvalue weighted by molar-refractivity contribution is -0.137. The molecule has 0 aliphatic carbocycles. The molecule has 0 unspecified atom stereocenters. The molecular formula is C16H14ClF3N2O3. The minimum absolute atomic E-state index is 0.0598. The average Bonchev–Trinajstić information content (AvgIpc) is 3.03. The standard InChI is InChI=1S/C16H14ClF3N2O3/c1-10(23)22(9-15(24)21-8-12-3-2-6-25-12)14-5-4-11(17)7-13(14)16(18,19)20/h2-7H,8-9H2,1H3,(H,21,24). The van der Waals surface area contributed by atoms with Crippen molar-refractivity contribution in [1.29, 1.82) is 0 Å². The Morgan fingerprint density at radius 1 is 1.28 bits per heavy atom. The van der Waals surface area contributed by atoms with Crippen LogP contribution in [-0.4, -0.2) is 18.4 Å². The highest BCUT2D eigenvalue weighted by atomic mass is 35.5. The topological polar surface area (TPSA) is 62.6 Å². The predicted octanol–water partition coefficient (Wildman–Crippen LogP) is 3.62. The first-order chi connectivity index (χ1) is 11.7. The Kier molecular flexibility index (Phi) is 5.73. The van der Waals surface area contributed by atoms with Gasteiger partial charge in [0.25, 0.3) is 0 Å². The van der Waals surface area contributed by atoms with Crippen LogP contribution in [0.15, 0.2) is 41.0 Å². The van der Waals surface area contributed by atoms with Gasteiger partial charge < -0.3 is 14.6 Å². The average molecular weight is 375 g/mol. The molecule has 5 nitrogen and oxygen atoms in total. The lowest BCUT2D eigenvalue weighted by Gasteiger charge is -2.24. The van der Waals surface area contributed by atoms with Gasteiger partial charge in [0, 0.05) is 11.9 Å². The number of nitrogens with zero attached hydrogens (tertiary/aromatic N) is 1. The molecule has 1 aromatic heterocycles. The van der Waals surface area contributed by atoms with Gasteiger partial charge in [0.2, 0.25) is 11.8 Å². The van der Waals surface area contributed by atoms with Gasteiger partial charge in [-0.05, 0) is 30.3 Å². The van der Waals surface area contributed by atoms with Crippen LogP contribution in [0.25, 0.3) is 0 Å². The molecule has 134 valence electrons. The summed E-state index contributed by atoms with van der Waals surface area (Å²) in [6.07, 6.45) is -3.30. The van der Waals surface area contributed by atoms with E-state index in [1.54, 1.807) is 12.1 Å². The first-order valence-corrected chi connectivity index (χ1v) is 7.50. The second-order valence-electron chi connectivity index (χ2n) is 5.12. The van der Waals surface area contributed by atoms with E-state index in [0.717, 1.165) is 17.9 Å². The van der Waals surface area contributed by atoms with Gasteiger partial charge in [0.05, 0.1) is 24.1 Å². The number of halogens is 4. The van der Waals surface area contributed by atoms with Crippen LogP contribution in [0.3, 0.4) is 0 Å². The Morgan fingerprint density at radius 3 is 2.56 bits per heavy atom. The smallest absolute Gasteiger partial charge is 0.418 e. The summed E-state index contributed by atoms with van der Waals surface area (Å²) in [7, 11) is 0. The zero-order chi connectivity index (χ0) is 18.6. The largest absolute Gasteiger partial charge is 0.467 e. The summed E-state index contributed by atoms with van der Waals surface area (Å²) in [5.41, 5.74) is -1.52. The Labute approximate surface area is 146 Å². The van der Waals surface area contributed by atoms with E-state index in [9.17, 15) is 22.8 Å². The number of furan rings is 1. The van der Waals surface area contributed by atoms with E-state index in [1.807, 2.05) is 0 Å². The van der Waals surface area contributed by atoms with Gasteiger partial charge >= 0.3 is 6.18 Å². The van der Waals surface area contributed by atoms with Gasteiger partial charge in [-0.15, -0.1) is 0 Å². The molecule has 1 N–H and O–H groups in total. The minimum atomic E-state index is -4.72. The number of carbonyl (C=O) groups is 2. The first kappa shape index (κ1) is 18.9. The number of nitrogens with one attached hydrogen (secondary N) is 1. The Hall–Kier alpha value is -2.48. The van der Waals surface area contributed by atoms with Crippen molar-refractivity contribution >= 4 is 29.1 Å². The van der Waals surface area contributed by atoms with E-state index < -0.39 is 35.8 Å². The van der Waals surface area contributed by atoms with Crippen LogP contribution in [0.1, 0.15) is 18.2 Å². The van der Waals surface area contributed by atoms with Crippen LogP contribution in [0.2, 0.25) is 5.02 Å². The highest BCUT2D eigenvalue weighted by Gasteiger charge is 2.36. The molecule has 0 fully saturated rings. The van der Waals surface area contributed by atoms with Crippen LogP contribution >= 0.6 is 11.6 Å². The summed E-state index contributed by atoms with van der Waals surface area (Å²) >= 11 is 5.63. The summed E-state index contributed by atoms with van der Waals surface area (Å²) in [4.78, 5) is 24.6. The first-order valence-electron chi connectivity index (χ1n) is 7.12. The van der Waals surface area contributed by atoms with Crippen LogP contribution in [0.5, 0.6) is 0 Å². The van der Waals surface area contributed by atoms with Gasteiger partial charge in [0.15, 0.2) is 0 Å². The number of alkyl halides is 3. The van der Waals surface area contributed by atoms with E-state index in [0.29, 0.717) is 11.8 Å². The normalized spacial score (nSPS) is 11.2. The van der Waals surface area contributed by atoms with Gasteiger partial charge in [-0.1, -0.05) is 11.6 Å². The highest BCUT2D eigenvalue weighted by Crippen LogP contribution is 2.38. The van der Waals surface area contributed by atoms with Gasteiger partial charge in [-0.3, -0.25) is 9.59 Å². The van der Waals surface area contributed by atoms with Crippen molar-refractivity contribution in [2.24, 2.45) is 0 Å². The quantitative estimate of drug-likeness (QED) is 0.869. The number of amides is 2. The molecule has 0 atom stereocenters. The number of benzene rings is 1. The molecule has 1 aromatic carbocycles. The predicted molar refractivity (Wildman–Crippen MR) is 85.0 cm³/mol. The molecule has 1 heterocycles. The SMILES string of the molecule is CC(=O)N(CC(=O)NCc1ccco1)c1ccc(Cl)cc1C(F)(F)F. The van der Waals surface area contributed by atoms with E-state index in [4.69, 9.17) is 16.0 Å². The van der Waals surface area contributed by atoms with Crippen molar-refractivity contribution in [1.82, 2.24) is 5.32 Å². The number of anilines is 1. The molecule has 0 spiro atoms. The number of carbonyl (C=O) groups excluding carboxylic acids is 2. The molecule has 0 bridgehead atoms. The second kappa shape index (κ2) is 7.60. The van der Waals surface area contributed by atoms with Crippen LogP contribution in [0.4, 0.5) is 18.9 Å². The molecular weight excluding hydrogens is 361 g/mol. The van der Waals surface area contributed by atoms with Crippen molar-refractivity contribution in [3.63, 3.8) is 0 Å². The monoisotopic (exact) mass is 374 g/mol. The fourth-order valence-corrected chi connectivity index (χ4v) is 2.31. The molecule has 0 radical (unpaired) electrons. The van der Waals surface area contributed by atoms with Crippen LogP contribution < -0.4 is 10.2 Å². The summed E-state index contributed by atoms with van der Waals surface area (Å²) in [6, 6.07) is 6.26. The summed E-state index contributed by atoms with van der Waals surface area (Å²) in [6.45, 7) is 0.569. The van der Waals surface area contributed by atoms with Crippen LogP contribution in [0, 0.1) is 0 Å². The molecule has 2 amide bonds. The molecule has 2 aromatic rings. The van der Waals surface area contributed by atoms with E-state index in [-0.39, 0.29) is 11.6 Å². The Balaban J connectivity index is 2.21. The number of rotatable bonds is 5. The molecule has 9 heteroatoms. The van der Waals surface area contributed by atoms with Crippen molar-refractivity contribution in [3.8, 4) is 0 Å². The lowest BCUT2D eigenvalue weighted by Crippen LogP contribution is -2.40. The molecule has 0 saturated heterocycles. The van der Waals surface area contributed by atoms with Crippen molar-refractivity contribution in [2.45, 2.75) is 19.6 Å². The second-order valence-corrected chi connectivity index (χ2v) is 5.56. The van der Waals surface area contributed by atoms with Crippen molar-refractivity contribution < 1.29 is 27.2 Å². The fourth-order valence-electron chi connectivity index (χ4n) is 2.14. The zero-order valence-electron chi connectivity index (χ0n) is 13.1. The zero-order valence-corrected chi connectivity index (χ0v) is 13.8. The third kappa shape index (κ3) is 4.99. The Morgan fingerprint density at radius 2 is 2.00 bits per heavy atom. The minimum Gasteiger partial charge on any atom is -0.467 e. The summed E-state index contributed by atoms with van der Waals surface area (Å²) in [5, 5.41) is 2.35. The highest BCUT2D eigenvalue weighted by molar-refractivity contribution is 6.30. The maximum absolute atomic E-state index is 13.2. The maximum atomic E-state index is 13.2. The number of hydrogen-bond acceptors (Lipinski definition) is 3. The van der Waals surface area contributed by atoms with Crippen molar-refractivity contribution in [2.75, 3.05) is 11.4 Å². The lowest BCUT2D eigenvalue weighted by atomic mass is 10.1. The molecule has 25 heavy (non-hydrogen) atoms. The van der Waals surface area contributed by atoms with Gasteiger partial charge in [0.1, 0.15) is 12.3 Å². The third-order valence-electron chi connectivity index (χ3n) is 3.28. The third-order valence-corrected chi connectivity index (χ3v) is 3.51. The van der Waals surface area contributed by atoms with E-state index in [1.165, 1.54) is 12.3 Å². The van der Waals surface area contributed by atoms with E-state index in [2.05, 4.69) is 5.32 Å². The van der Waals surface area contributed by atoms with Gasteiger partial charge in [-0.25, -0.2) is 0 Å². The molecule has 0 saturated carbocycles. The summed E-state index contributed by atoms with van der Waals surface area (Å²) < 4.78 is 44.7. The fraction of sp³-hybridized carbons (Fsp3) is 0.250. The van der Waals surface area contributed by atoms with E-state index >= 15 is 0 Å². The Bertz CT molecular complexity index is 760. The number of hydrogen-bond donors (Lipinski definition) is 1. The molecule has 2 rings (SSSR count). The molecule has 0 aliphatic rings. The maximum Gasteiger partial charge on any atom is 0.418 e. The summed E-state index contributed by atoms with van der Waals surface area (Å²) in [5.74, 6) is -0.860.